The molecule has 0 aliphatic rings. The lowest BCUT2D eigenvalue weighted by Gasteiger charge is -2.08. The fourth-order valence-electron chi connectivity index (χ4n) is 1.59. The van der Waals surface area contributed by atoms with Gasteiger partial charge in [0.15, 0.2) is 5.76 Å². The Kier molecular flexibility index (Phi) is 4.43. The van der Waals surface area contributed by atoms with Crippen LogP contribution in [0, 0.1) is 0 Å². The topological polar surface area (TPSA) is 35.5 Å². The molecular formula is C16H13ClO3. The Morgan fingerprint density at radius 2 is 1.55 bits per heavy atom. The molecular weight excluding hydrogens is 276 g/mol. The van der Waals surface area contributed by atoms with Crippen LogP contribution in [0.1, 0.15) is 10.4 Å². The van der Waals surface area contributed by atoms with E-state index in [-0.39, 0.29) is 11.5 Å². The highest BCUT2D eigenvalue weighted by molar-refractivity contribution is 6.30. The van der Waals surface area contributed by atoms with Crippen LogP contribution in [0.4, 0.5) is 0 Å². The molecule has 3 nitrogen and oxygen atoms in total. The van der Waals surface area contributed by atoms with Crippen molar-refractivity contribution < 1.29 is 14.3 Å². The van der Waals surface area contributed by atoms with Crippen molar-refractivity contribution >= 4 is 17.4 Å². The molecule has 0 saturated heterocycles. The summed E-state index contributed by atoms with van der Waals surface area (Å²) in [5.41, 5.74) is 0.480. The molecule has 2 aromatic carbocycles. The molecule has 0 aliphatic heterocycles. The molecule has 0 unspecified atom stereocenters. The highest BCUT2D eigenvalue weighted by Gasteiger charge is 2.12. The molecule has 0 saturated carbocycles. The standard InChI is InChI=1S/C16H13ClO3/c1-11(16(18)12-3-5-13(17)6-4-12)20-15-9-7-14(19-2)8-10-15/h3-10H,1H2,2H3. The van der Waals surface area contributed by atoms with E-state index in [9.17, 15) is 4.79 Å². The number of hydrogen-bond donors (Lipinski definition) is 0. The van der Waals surface area contributed by atoms with Crippen molar-refractivity contribution in [3.05, 3.63) is 71.5 Å². The van der Waals surface area contributed by atoms with Crippen LogP contribution in [0.2, 0.25) is 5.02 Å². The molecule has 0 N–H and O–H groups in total. The maximum Gasteiger partial charge on any atom is 0.227 e. The average Bonchev–Trinajstić information content (AvgIpc) is 2.48. The minimum Gasteiger partial charge on any atom is -0.497 e. The van der Waals surface area contributed by atoms with Gasteiger partial charge in [0.25, 0.3) is 0 Å². The molecule has 0 fully saturated rings. The summed E-state index contributed by atoms with van der Waals surface area (Å²) >= 11 is 5.78. The molecule has 0 amide bonds. The zero-order chi connectivity index (χ0) is 14.5. The Morgan fingerprint density at radius 1 is 1.00 bits per heavy atom. The lowest BCUT2D eigenvalue weighted by Crippen LogP contribution is -2.08. The number of carbonyl (C=O) groups is 1. The molecule has 0 heterocycles. The molecule has 0 radical (unpaired) electrons. The number of rotatable bonds is 5. The Labute approximate surface area is 122 Å². The second-order valence-corrected chi connectivity index (χ2v) is 4.47. The number of benzene rings is 2. The van der Waals surface area contributed by atoms with Gasteiger partial charge in [-0.15, -0.1) is 0 Å². The summed E-state index contributed by atoms with van der Waals surface area (Å²) < 4.78 is 10.5. The minimum atomic E-state index is -0.280. The first kappa shape index (κ1) is 14.2. The predicted octanol–water partition coefficient (Wildman–Crippen LogP) is 4.12. The molecule has 0 aliphatic carbocycles. The quantitative estimate of drug-likeness (QED) is 0.471. The van der Waals surface area contributed by atoms with Crippen LogP contribution in [0.5, 0.6) is 11.5 Å². The van der Waals surface area contributed by atoms with Crippen LogP contribution < -0.4 is 9.47 Å². The first-order valence-electron chi connectivity index (χ1n) is 5.91. The summed E-state index contributed by atoms with van der Waals surface area (Å²) in [5.74, 6) is 1.01. The SMILES string of the molecule is C=C(Oc1ccc(OC)cc1)C(=O)c1ccc(Cl)cc1. The number of ketones is 1. The fraction of sp³-hybridized carbons (Fsp3) is 0.0625. The van der Waals surface area contributed by atoms with Gasteiger partial charge in [0, 0.05) is 10.6 Å². The molecule has 0 aromatic heterocycles. The Balaban J connectivity index is 2.07. The number of Topliss-reactive ketones (excluding diaryl/α,β-unsaturated/α-hetero) is 1. The van der Waals surface area contributed by atoms with Crippen LogP contribution in [0.3, 0.4) is 0 Å². The van der Waals surface area contributed by atoms with E-state index >= 15 is 0 Å². The highest BCUT2D eigenvalue weighted by atomic mass is 35.5. The Bertz CT molecular complexity index is 615. The third-order valence-electron chi connectivity index (χ3n) is 2.66. The zero-order valence-electron chi connectivity index (χ0n) is 10.9. The third kappa shape index (κ3) is 3.39. The number of methoxy groups -OCH3 is 1. The number of allylic oxidation sites excluding steroid dienone is 1. The van der Waals surface area contributed by atoms with Gasteiger partial charge in [0.1, 0.15) is 11.5 Å². The number of carbonyl (C=O) groups excluding carboxylic acids is 1. The van der Waals surface area contributed by atoms with Gasteiger partial charge >= 0.3 is 0 Å². The fourth-order valence-corrected chi connectivity index (χ4v) is 1.72. The molecule has 2 aromatic rings. The third-order valence-corrected chi connectivity index (χ3v) is 2.91. The van der Waals surface area contributed by atoms with Gasteiger partial charge < -0.3 is 9.47 Å². The lowest BCUT2D eigenvalue weighted by atomic mass is 10.1. The van der Waals surface area contributed by atoms with Gasteiger partial charge in [-0.3, -0.25) is 4.79 Å². The monoisotopic (exact) mass is 288 g/mol. The second kappa shape index (κ2) is 6.26. The van der Waals surface area contributed by atoms with Crippen LogP contribution >= 0.6 is 11.6 Å². The summed E-state index contributed by atoms with van der Waals surface area (Å²) in [5, 5.41) is 0.572. The zero-order valence-corrected chi connectivity index (χ0v) is 11.7. The van der Waals surface area contributed by atoms with E-state index in [4.69, 9.17) is 21.1 Å². The Hall–Kier alpha value is -2.26. The van der Waals surface area contributed by atoms with Crippen molar-refractivity contribution in [3.8, 4) is 11.5 Å². The molecule has 0 atom stereocenters. The molecule has 4 heteroatoms. The van der Waals surface area contributed by atoms with Crippen LogP contribution in [-0.2, 0) is 0 Å². The average molecular weight is 289 g/mol. The maximum atomic E-state index is 12.1. The molecule has 20 heavy (non-hydrogen) atoms. The number of ether oxygens (including phenoxy) is 2. The first-order valence-corrected chi connectivity index (χ1v) is 6.29. The largest absolute Gasteiger partial charge is 0.497 e. The van der Waals surface area contributed by atoms with E-state index in [1.54, 1.807) is 55.6 Å². The van der Waals surface area contributed by atoms with Crippen LogP contribution in [0.25, 0.3) is 0 Å². The van der Waals surface area contributed by atoms with Gasteiger partial charge in [0.2, 0.25) is 5.78 Å². The molecule has 0 bridgehead atoms. The first-order chi connectivity index (χ1) is 9.60. The van der Waals surface area contributed by atoms with Crippen molar-refractivity contribution in [2.24, 2.45) is 0 Å². The highest BCUT2D eigenvalue weighted by Crippen LogP contribution is 2.20. The number of halogens is 1. The molecule has 2 rings (SSSR count). The van der Waals surface area contributed by atoms with Gasteiger partial charge in [0.05, 0.1) is 7.11 Å². The van der Waals surface area contributed by atoms with Gasteiger partial charge in [-0.2, -0.15) is 0 Å². The molecule has 102 valence electrons. The summed E-state index contributed by atoms with van der Waals surface area (Å²) in [6.07, 6.45) is 0. The normalized spacial score (nSPS) is 9.90. The van der Waals surface area contributed by atoms with Gasteiger partial charge in [-0.05, 0) is 48.5 Å². The van der Waals surface area contributed by atoms with Crippen molar-refractivity contribution in [2.75, 3.05) is 7.11 Å². The molecule has 0 spiro atoms. The van der Waals surface area contributed by atoms with Crippen molar-refractivity contribution in [3.63, 3.8) is 0 Å². The Morgan fingerprint density at radius 3 is 2.10 bits per heavy atom. The van der Waals surface area contributed by atoms with E-state index in [2.05, 4.69) is 6.58 Å². The predicted molar refractivity (Wildman–Crippen MR) is 78.5 cm³/mol. The summed E-state index contributed by atoms with van der Waals surface area (Å²) in [4.78, 5) is 12.1. The van der Waals surface area contributed by atoms with Gasteiger partial charge in [-0.1, -0.05) is 18.2 Å². The van der Waals surface area contributed by atoms with E-state index in [0.29, 0.717) is 22.1 Å². The van der Waals surface area contributed by atoms with Crippen LogP contribution in [0.15, 0.2) is 60.9 Å². The maximum absolute atomic E-state index is 12.1. The van der Waals surface area contributed by atoms with E-state index in [1.165, 1.54) is 0 Å². The second-order valence-electron chi connectivity index (χ2n) is 4.04. The summed E-state index contributed by atoms with van der Waals surface area (Å²) in [7, 11) is 1.58. The van der Waals surface area contributed by atoms with E-state index in [0.717, 1.165) is 0 Å². The lowest BCUT2D eigenvalue weighted by molar-refractivity contribution is 0.0987. The van der Waals surface area contributed by atoms with Crippen LogP contribution in [-0.4, -0.2) is 12.9 Å². The van der Waals surface area contributed by atoms with Crippen molar-refractivity contribution in [1.82, 2.24) is 0 Å². The van der Waals surface area contributed by atoms with E-state index < -0.39 is 0 Å². The van der Waals surface area contributed by atoms with Gasteiger partial charge in [-0.25, -0.2) is 0 Å². The smallest absolute Gasteiger partial charge is 0.227 e. The van der Waals surface area contributed by atoms with E-state index in [1.807, 2.05) is 0 Å². The summed E-state index contributed by atoms with van der Waals surface area (Å²) in [6, 6.07) is 13.5. The minimum absolute atomic E-state index is 0.0532. The number of hydrogen-bond acceptors (Lipinski definition) is 3. The van der Waals surface area contributed by atoms with Crippen molar-refractivity contribution in [2.45, 2.75) is 0 Å². The van der Waals surface area contributed by atoms with Crippen molar-refractivity contribution in [1.29, 1.82) is 0 Å². The summed E-state index contributed by atoms with van der Waals surface area (Å²) in [6.45, 7) is 3.66.